The summed E-state index contributed by atoms with van der Waals surface area (Å²) in [6, 6.07) is 0. The lowest BCUT2D eigenvalue weighted by molar-refractivity contribution is -0.0503. The number of phosphoric ester groups is 1. The molecule has 1 unspecified atom stereocenters. The topological polar surface area (TPSA) is 233 Å². The van der Waals surface area contributed by atoms with Crippen LogP contribution in [0.15, 0.2) is 12.5 Å². The third-order valence-electron chi connectivity index (χ3n) is 3.56. The number of aliphatic hydroxyl groups excluding tert-OH is 2. The van der Waals surface area contributed by atoms with Gasteiger partial charge in [-0.15, -0.1) is 0 Å². The van der Waals surface area contributed by atoms with E-state index in [1.165, 1.54) is 17.1 Å². The lowest BCUT2D eigenvalue weighted by atomic mass is 10.1. The van der Waals surface area contributed by atoms with Crippen molar-refractivity contribution in [3.8, 4) is 0 Å². The Morgan fingerprint density at radius 1 is 1.22 bits per heavy atom. The average molecular weight is 427 g/mol. The van der Waals surface area contributed by atoms with Crippen LogP contribution in [0.25, 0.3) is 11.2 Å². The highest BCUT2D eigenvalue weighted by atomic mass is 31.3. The van der Waals surface area contributed by atoms with Crippen LogP contribution < -0.4 is 5.73 Å². The molecule has 0 saturated carbocycles. The van der Waals surface area contributed by atoms with E-state index in [-0.39, 0.29) is 11.6 Å². The zero-order chi connectivity index (χ0) is 20.0. The Kier molecular flexibility index (Phi) is 5.35. The number of nitrogens with zero attached hydrogens (tertiary/aromatic N) is 4. The first-order valence-corrected chi connectivity index (χ1v) is 10.2. The number of ether oxygens (including phenoxy) is 1. The van der Waals surface area contributed by atoms with Gasteiger partial charge in [-0.1, -0.05) is 0 Å². The van der Waals surface area contributed by atoms with E-state index >= 15 is 0 Å². The van der Waals surface area contributed by atoms with Crippen LogP contribution in [0.1, 0.15) is 6.23 Å². The Labute approximate surface area is 150 Å². The molecule has 1 aliphatic heterocycles. The normalized spacial score (nSPS) is 28.5. The molecule has 5 atom stereocenters. The zero-order valence-corrected chi connectivity index (χ0v) is 15.0. The van der Waals surface area contributed by atoms with Gasteiger partial charge in [0.1, 0.15) is 23.8 Å². The second-order valence-corrected chi connectivity index (χ2v) is 8.30. The number of nitrogen functional groups attached to an aromatic ring is 1. The molecule has 3 rings (SSSR count). The van der Waals surface area contributed by atoms with Gasteiger partial charge in [-0.05, 0) is 0 Å². The fourth-order valence-corrected chi connectivity index (χ4v) is 4.05. The van der Waals surface area contributed by atoms with Crippen molar-refractivity contribution >= 4 is 32.8 Å². The van der Waals surface area contributed by atoms with E-state index in [1.807, 2.05) is 0 Å². The average Bonchev–Trinajstić information content (AvgIpc) is 3.05. The van der Waals surface area contributed by atoms with Gasteiger partial charge in [-0.3, -0.25) is 9.09 Å². The van der Waals surface area contributed by atoms with Crippen LogP contribution in [0.2, 0.25) is 0 Å². The Hall–Kier alpha value is -1.51. The summed E-state index contributed by atoms with van der Waals surface area (Å²) in [6.07, 6.45) is -3.00. The van der Waals surface area contributed by atoms with Crippen molar-refractivity contribution in [1.82, 2.24) is 19.5 Å². The number of hydrogen-bond donors (Lipinski definition) is 6. The minimum atomic E-state index is -5.29. The molecule has 1 saturated heterocycles. The van der Waals surface area contributed by atoms with Crippen LogP contribution in [0, 0.1) is 0 Å². The summed E-state index contributed by atoms with van der Waals surface area (Å²) < 4.78 is 36.8. The van der Waals surface area contributed by atoms with Crippen LogP contribution >= 0.6 is 15.6 Å². The molecule has 0 bridgehead atoms. The predicted molar refractivity (Wildman–Crippen MR) is 84.6 cm³/mol. The summed E-state index contributed by atoms with van der Waals surface area (Å²) in [5.74, 6) is -0.0621. The molecule has 1 aliphatic rings. The second kappa shape index (κ2) is 7.14. The van der Waals surface area contributed by atoms with Crippen molar-refractivity contribution in [1.29, 1.82) is 0 Å². The summed E-state index contributed by atoms with van der Waals surface area (Å²) in [4.78, 5) is 38.1. The van der Waals surface area contributed by atoms with Crippen molar-refractivity contribution in [3.05, 3.63) is 12.5 Å². The maximum absolute atomic E-state index is 11.5. The fourth-order valence-electron chi connectivity index (χ4n) is 2.45. The lowest BCUT2D eigenvalue weighted by Crippen LogP contribution is -2.33. The number of fused-ring (bicyclic) bond motifs is 1. The van der Waals surface area contributed by atoms with Crippen molar-refractivity contribution in [3.63, 3.8) is 0 Å². The third-order valence-corrected chi connectivity index (χ3v) is 5.71. The van der Waals surface area contributed by atoms with Crippen LogP contribution in [0.3, 0.4) is 0 Å². The van der Waals surface area contributed by atoms with E-state index in [0.29, 0.717) is 5.52 Å². The molecule has 0 radical (unpaired) electrons. The minimum Gasteiger partial charge on any atom is -0.387 e. The number of phosphoric acid groups is 2. The van der Waals surface area contributed by atoms with Gasteiger partial charge < -0.3 is 35.4 Å². The number of anilines is 1. The summed E-state index contributed by atoms with van der Waals surface area (Å²) >= 11 is 0. The molecular formula is C10H15N5O10P2. The van der Waals surface area contributed by atoms with Crippen molar-refractivity contribution in [2.24, 2.45) is 0 Å². The number of rotatable bonds is 6. The molecule has 2 aromatic heterocycles. The number of imidazole rings is 1. The van der Waals surface area contributed by atoms with Gasteiger partial charge in [0.2, 0.25) is 5.95 Å². The molecule has 0 aliphatic carbocycles. The molecule has 15 nitrogen and oxygen atoms in total. The summed E-state index contributed by atoms with van der Waals surface area (Å²) in [5, 5.41) is 20.3. The molecule has 17 heteroatoms. The predicted octanol–water partition coefficient (Wildman–Crippen LogP) is -1.75. The van der Waals surface area contributed by atoms with E-state index in [9.17, 15) is 24.2 Å². The van der Waals surface area contributed by atoms with Gasteiger partial charge in [0.05, 0.1) is 19.1 Å². The number of aromatic nitrogens is 4. The molecule has 0 spiro atoms. The van der Waals surface area contributed by atoms with Gasteiger partial charge in [0, 0.05) is 0 Å². The first-order valence-electron chi connectivity index (χ1n) is 7.18. The van der Waals surface area contributed by atoms with Crippen molar-refractivity contribution < 1.29 is 47.6 Å². The minimum absolute atomic E-state index is 0.0621. The standard InChI is InChI=1S/C10H15N5O10P2/c11-10-12-1-4-8(14-10)15(3-13-4)9-7(17)6(16)5(24-9)2-23-27(21,22)25-26(18,19)20/h1,3,5-7,9,16-17H,2H2,(H,21,22)(H2,11,12,14)(H2,18,19,20)/t5-,6-,7-,9-/m1/s1. The van der Waals surface area contributed by atoms with Gasteiger partial charge in [-0.25, -0.2) is 19.1 Å². The van der Waals surface area contributed by atoms with Crippen LogP contribution in [-0.4, -0.2) is 69.3 Å². The van der Waals surface area contributed by atoms with Crippen molar-refractivity contribution in [2.45, 2.75) is 24.5 Å². The first kappa shape index (κ1) is 20.2. The SMILES string of the molecule is Nc1ncc2ncn([C@@H]3O[C@H](COP(=O)(O)OP(=O)(O)O)[C@@H](O)[C@H]3O)c2n1. The number of aliphatic hydroxyl groups is 2. The summed E-state index contributed by atoms with van der Waals surface area (Å²) in [7, 11) is -10.4. The number of hydrogen-bond acceptors (Lipinski definition) is 11. The Balaban J connectivity index is 1.75. The van der Waals surface area contributed by atoms with E-state index < -0.39 is 46.8 Å². The zero-order valence-electron chi connectivity index (χ0n) is 13.2. The molecule has 27 heavy (non-hydrogen) atoms. The maximum Gasteiger partial charge on any atom is 0.481 e. The molecular weight excluding hydrogens is 412 g/mol. The van der Waals surface area contributed by atoms with Gasteiger partial charge >= 0.3 is 15.6 Å². The monoisotopic (exact) mass is 427 g/mol. The van der Waals surface area contributed by atoms with E-state index in [0.717, 1.165) is 0 Å². The first-order chi connectivity index (χ1) is 12.5. The Morgan fingerprint density at radius 3 is 2.59 bits per heavy atom. The maximum atomic E-state index is 11.5. The molecule has 2 aromatic rings. The third kappa shape index (κ3) is 4.50. The van der Waals surface area contributed by atoms with Crippen LogP contribution in [0.4, 0.5) is 5.95 Å². The molecule has 1 fully saturated rings. The highest BCUT2D eigenvalue weighted by molar-refractivity contribution is 7.60. The molecule has 150 valence electrons. The quantitative estimate of drug-likeness (QED) is 0.281. The van der Waals surface area contributed by atoms with Crippen LogP contribution in [-0.2, 0) is 22.7 Å². The smallest absolute Gasteiger partial charge is 0.387 e. The second-order valence-electron chi connectivity index (χ2n) is 5.47. The molecule has 7 N–H and O–H groups in total. The summed E-state index contributed by atoms with van der Waals surface area (Å²) in [5.41, 5.74) is 6.06. The number of nitrogens with two attached hydrogens (primary N) is 1. The van der Waals surface area contributed by atoms with Crippen LogP contribution in [0.5, 0.6) is 0 Å². The van der Waals surface area contributed by atoms with Gasteiger partial charge in [-0.2, -0.15) is 9.29 Å². The lowest BCUT2D eigenvalue weighted by Gasteiger charge is -2.17. The fraction of sp³-hybridized carbons (Fsp3) is 0.500. The molecule has 3 heterocycles. The van der Waals surface area contributed by atoms with E-state index in [2.05, 4.69) is 23.8 Å². The van der Waals surface area contributed by atoms with E-state index in [4.69, 9.17) is 20.3 Å². The highest BCUT2D eigenvalue weighted by Gasteiger charge is 2.45. The van der Waals surface area contributed by atoms with Gasteiger partial charge in [0.15, 0.2) is 11.9 Å². The largest absolute Gasteiger partial charge is 0.481 e. The molecule has 0 amide bonds. The summed E-state index contributed by atoms with van der Waals surface area (Å²) in [6.45, 7) is -0.813. The van der Waals surface area contributed by atoms with E-state index in [1.54, 1.807) is 0 Å². The molecule has 0 aromatic carbocycles. The Bertz CT molecular complexity index is 932. The Morgan fingerprint density at radius 2 is 1.93 bits per heavy atom. The van der Waals surface area contributed by atoms with Crippen molar-refractivity contribution in [2.75, 3.05) is 12.3 Å². The van der Waals surface area contributed by atoms with Gasteiger partial charge in [0.25, 0.3) is 0 Å². The highest BCUT2D eigenvalue weighted by Crippen LogP contribution is 2.57.